The zero-order valence-electron chi connectivity index (χ0n) is 10.7. The number of rotatable bonds is 5. The Labute approximate surface area is 106 Å². The highest BCUT2D eigenvalue weighted by atomic mass is 16.2. The minimum atomic E-state index is 0.129. The Morgan fingerprint density at radius 2 is 2.33 bits per heavy atom. The molecule has 1 aromatic carbocycles. The van der Waals surface area contributed by atoms with E-state index in [2.05, 4.69) is 15.3 Å². The van der Waals surface area contributed by atoms with Crippen LogP contribution in [0.15, 0.2) is 24.5 Å². The summed E-state index contributed by atoms with van der Waals surface area (Å²) in [5, 5.41) is 3.04. The highest BCUT2D eigenvalue weighted by Crippen LogP contribution is 2.19. The quantitative estimate of drug-likeness (QED) is 0.786. The summed E-state index contributed by atoms with van der Waals surface area (Å²) < 4.78 is 0. The lowest BCUT2D eigenvalue weighted by molar-refractivity contribution is -0.118. The number of benzene rings is 1. The van der Waals surface area contributed by atoms with Crippen LogP contribution in [-0.2, 0) is 4.79 Å². The predicted molar refractivity (Wildman–Crippen MR) is 72.7 cm³/mol. The van der Waals surface area contributed by atoms with E-state index >= 15 is 0 Å². The van der Waals surface area contributed by atoms with Crippen LogP contribution in [0.4, 0.5) is 5.69 Å². The Kier molecular flexibility index (Phi) is 3.94. The number of carbonyl (C=O) groups excluding carboxylic acids is 1. The number of imidazole rings is 1. The van der Waals surface area contributed by atoms with Gasteiger partial charge in [0.25, 0.3) is 0 Å². The molecular formula is C13H18N4O. The van der Waals surface area contributed by atoms with Crippen molar-refractivity contribution in [3.63, 3.8) is 0 Å². The van der Waals surface area contributed by atoms with Crippen LogP contribution in [0.5, 0.6) is 0 Å². The lowest BCUT2D eigenvalue weighted by Gasteiger charge is -2.17. The van der Waals surface area contributed by atoms with E-state index < -0.39 is 0 Å². The molecule has 18 heavy (non-hydrogen) atoms. The van der Waals surface area contributed by atoms with E-state index in [0.29, 0.717) is 6.42 Å². The van der Waals surface area contributed by atoms with Gasteiger partial charge in [-0.05, 0) is 38.2 Å². The Bertz CT molecular complexity index is 535. The number of anilines is 1. The number of aromatic nitrogens is 2. The number of nitrogens with zero attached hydrogens (tertiary/aromatic N) is 2. The summed E-state index contributed by atoms with van der Waals surface area (Å²) in [5.41, 5.74) is 2.75. The summed E-state index contributed by atoms with van der Waals surface area (Å²) in [6, 6.07) is 5.77. The summed E-state index contributed by atoms with van der Waals surface area (Å²) in [5.74, 6) is 0.129. The second-order valence-corrected chi connectivity index (χ2v) is 4.26. The molecule has 2 aromatic rings. The van der Waals surface area contributed by atoms with Crippen molar-refractivity contribution in [2.45, 2.75) is 12.8 Å². The van der Waals surface area contributed by atoms with Crippen molar-refractivity contribution in [1.29, 1.82) is 0 Å². The summed E-state index contributed by atoms with van der Waals surface area (Å²) in [6.45, 7) is 0.860. The fourth-order valence-electron chi connectivity index (χ4n) is 1.86. The first-order valence-electron chi connectivity index (χ1n) is 6.06. The maximum Gasteiger partial charge on any atom is 0.226 e. The van der Waals surface area contributed by atoms with E-state index in [9.17, 15) is 4.79 Å². The van der Waals surface area contributed by atoms with Crippen molar-refractivity contribution in [2.24, 2.45) is 0 Å². The number of H-pyrrole nitrogens is 1. The van der Waals surface area contributed by atoms with Crippen molar-refractivity contribution in [3.05, 3.63) is 24.5 Å². The molecule has 5 heteroatoms. The first-order valence-corrected chi connectivity index (χ1v) is 6.06. The monoisotopic (exact) mass is 246 g/mol. The fourth-order valence-corrected chi connectivity index (χ4v) is 1.86. The van der Waals surface area contributed by atoms with Gasteiger partial charge < -0.3 is 15.2 Å². The number of hydrogen-bond donors (Lipinski definition) is 2. The second-order valence-electron chi connectivity index (χ2n) is 4.26. The zero-order valence-corrected chi connectivity index (χ0v) is 10.7. The van der Waals surface area contributed by atoms with Gasteiger partial charge in [-0.1, -0.05) is 0 Å². The smallest absolute Gasteiger partial charge is 0.226 e. The van der Waals surface area contributed by atoms with Gasteiger partial charge in [0.05, 0.1) is 17.4 Å². The first-order chi connectivity index (χ1) is 8.72. The molecule has 0 bridgehead atoms. The molecule has 0 aliphatic carbocycles. The minimum absolute atomic E-state index is 0.129. The van der Waals surface area contributed by atoms with Crippen molar-refractivity contribution in [2.75, 3.05) is 25.5 Å². The van der Waals surface area contributed by atoms with E-state index in [4.69, 9.17) is 0 Å². The predicted octanol–water partition coefficient (Wildman–Crippen LogP) is 1.53. The van der Waals surface area contributed by atoms with E-state index in [1.54, 1.807) is 18.3 Å². The summed E-state index contributed by atoms with van der Waals surface area (Å²) in [4.78, 5) is 20.9. The van der Waals surface area contributed by atoms with Gasteiger partial charge in [0.15, 0.2) is 0 Å². The number of hydrogen-bond acceptors (Lipinski definition) is 3. The van der Waals surface area contributed by atoms with E-state index in [-0.39, 0.29) is 5.91 Å². The number of nitrogens with one attached hydrogen (secondary N) is 2. The van der Waals surface area contributed by atoms with Gasteiger partial charge in [-0.2, -0.15) is 0 Å². The Balaban J connectivity index is 2.07. The lowest BCUT2D eigenvalue weighted by atomic mass is 10.2. The van der Waals surface area contributed by atoms with Crippen molar-refractivity contribution in [3.8, 4) is 0 Å². The normalized spacial score (nSPS) is 10.8. The van der Waals surface area contributed by atoms with Gasteiger partial charge >= 0.3 is 0 Å². The summed E-state index contributed by atoms with van der Waals surface area (Å²) in [6.07, 6.45) is 3.06. The molecule has 0 spiro atoms. The average molecular weight is 246 g/mol. The Morgan fingerprint density at radius 1 is 1.50 bits per heavy atom. The largest absolute Gasteiger partial charge is 0.345 e. The molecule has 2 N–H and O–H groups in total. The number of aromatic amines is 1. The number of carbonyl (C=O) groups is 1. The van der Waals surface area contributed by atoms with Crippen molar-refractivity contribution >= 4 is 22.6 Å². The number of fused-ring (bicyclic) bond motifs is 1. The van der Waals surface area contributed by atoms with Crippen LogP contribution in [0, 0.1) is 0 Å². The molecule has 0 atom stereocenters. The third-order valence-electron chi connectivity index (χ3n) is 2.98. The van der Waals surface area contributed by atoms with E-state index in [0.717, 1.165) is 29.7 Å². The molecule has 1 amide bonds. The molecule has 2 rings (SSSR count). The first kappa shape index (κ1) is 12.6. The highest BCUT2D eigenvalue weighted by molar-refractivity contribution is 5.94. The van der Waals surface area contributed by atoms with E-state index in [1.165, 1.54) is 0 Å². The van der Waals surface area contributed by atoms with Crippen LogP contribution < -0.4 is 10.2 Å². The fraction of sp³-hybridized carbons (Fsp3) is 0.385. The highest BCUT2D eigenvalue weighted by Gasteiger charge is 2.11. The minimum Gasteiger partial charge on any atom is -0.345 e. The van der Waals surface area contributed by atoms with Crippen LogP contribution in [0.25, 0.3) is 11.0 Å². The molecule has 0 aliphatic heterocycles. The topological polar surface area (TPSA) is 61.0 Å². The molecule has 0 saturated carbocycles. The van der Waals surface area contributed by atoms with Crippen molar-refractivity contribution < 1.29 is 4.79 Å². The molecule has 0 radical (unpaired) electrons. The second kappa shape index (κ2) is 5.64. The summed E-state index contributed by atoms with van der Waals surface area (Å²) >= 11 is 0. The maximum atomic E-state index is 12.0. The zero-order chi connectivity index (χ0) is 13.0. The Hall–Kier alpha value is -1.88. The van der Waals surface area contributed by atoms with Crippen LogP contribution in [0.1, 0.15) is 12.8 Å². The van der Waals surface area contributed by atoms with Gasteiger partial charge in [-0.3, -0.25) is 4.79 Å². The summed E-state index contributed by atoms with van der Waals surface area (Å²) in [7, 11) is 3.69. The van der Waals surface area contributed by atoms with Crippen LogP contribution in [0.3, 0.4) is 0 Å². The van der Waals surface area contributed by atoms with Gasteiger partial charge in [0, 0.05) is 19.2 Å². The number of amides is 1. The lowest BCUT2D eigenvalue weighted by Crippen LogP contribution is -2.26. The molecule has 1 aromatic heterocycles. The van der Waals surface area contributed by atoms with Crippen LogP contribution >= 0.6 is 0 Å². The standard InChI is InChI=1S/C13H18N4O/c1-14-7-3-4-13(18)17(2)10-5-6-11-12(8-10)16-9-15-11/h5-6,8-9,14H,3-4,7H2,1-2H3,(H,15,16). The molecule has 0 fully saturated rings. The van der Waals surface area contributed by atoms with Crippen molar-refractivity contribution in [1.82, 2.24) is 15.3 Å². The maximum absolute atomic E-state index is 12.0. The van der Waals surface area contributed by atoms with Gasteiger partial charge in [0.1, 0.15) is 0 Å². The molecule has 0 unspecified atom stereocenters. The SMILES string of the molecule is CNCCCC(=O)N(C)c1ccc2nc[nH]c2c1. The van der Waals surface area contributed by atoms with Gasteiger partial charge in [-0.15, -0.1) is 0 Å². The Morgan fingerprint density at radius 3 is 3.11 bits per heavy atom. The molecule has 5 nitrogen and oxygen atoms in total. The molecule has 96 valence electrons. The van der Waals surface area contributed by atoms with Gasteiger partial charge in [0.2, 0.25) is 5.91 Å². The van der Waals surface area contributed by atoms with Crippen LogP contribution in [-0.4, -0.2) is 36.5 Å². The molecular weight excluding hydrogens is 228 g/mol. The molecule has 0 saturated heterocycles. The third-order valence-corrected chi connectivity index (χ3v) is 2.98. The van der Waals surface area contributed by atoms with Crippen LogP contribution in [0.2, 0.25) is 0 Å². The third kappa shape index (κ3) is 2.68. The molecule has 0 aliphatic rings. The van der Waals surface area contributed by atoms with Gasteiger partial charge in [-0.25, -0.2) is 4.98 Å². The van der Waals surface area contributed by atoms with E-state index in [1.807, 2.05) is 25.2 Å². The average Bonchev–Trinajstić information content (AvgIpc) is 2.85. The molecule has 1 heterocycles.